The van der Waals surface area contributed by atoms with Crippen molar-refractivity contribution in [1.82, 2.24) is 19.9 Å². The highest BCUT2D eigenvalue weighted by molar-refractivity contribution is 9.10. The van der Waals surface area contributed by atoms with Crippen molar-refractivity contribution >= 4 is 27.8 Å². The summed E-state index contributed by atoms with van der Waals surface area (Å²) < 4.78 is 17.3. The first-order chi connectivity index (χ1) is 14.7. The molecule has 30 heavy (non-hydrogen) atoms. The highest BCUT2D eigenvalue weighted by Crippen LogP contribution is 2.26. The van der Waals surface area contributed by atoms with Crippen LogP contribution in [0, 0.1) is 0 Å². The quantitative estimate of drug-likeness (QED) is 0.506. The molecule has 0 N–H and O–H groups in total. The number of nitrogens with zero attached hydrogens (tertiary/aromatic N) is 5. The van der Waals surface area contributed by atoms with Gasteiger partial charge in [-0.3, -0.25) is 4.98 Å². The fourth-order valence-corrected chi connectivity index (χ4v) is 3.15. The van der Waals surface area contributed by atoms with Gasteiger partial charge in [-0.05, 0) is 34.5 Å². The molecule has 162 valence electrons. The number of halogens is 1. The molecule has 0 bridgehead atoms. The van der Waals surface area contributed by atoms with Gasteiger partial charge in [0.2, 0.25) is 0 Å². The molecule has 1 amide bonds. The van der Waals surface area contributed by atoms with Crippen LogP contribution in [0.25, 0.3) is 0 Å². The van der Waals surface area contributed by atoms with E-state index in [-0.39, 0.29) is 6.09 Å². The van der Waals surface area contributed by atoms with E-state index in [0.29, 0.717) is 68.1 Å². The van der Waals surface area contributed by atoms with Gasteiger partial charge >= 0.3 is 6.09 Å². The van der Waals surface area contributed by atoms with Crippen LogP contribution < -0.4 is 14.4 Å². The second-order valence-corrected chi connectivity index (χ2v) is 7.46. The lowest BCUT2D eigenvalue weighted by atomic mass is 10.3. The van der Waals surface area contributed by atoms with E-state index in [1.165, 1.54) is 0 Å². The third-order valence-electron chi connectivity index (χ3n) is 4.48. The Morgan fingerprint density at radius 3 is 2.67 bits per heavy atom. The summed E-state index contributed by atoms with van der Waals surface area (Å²) in [7, 11) is 0. The van der Waals surface area contributed by atoms with E-state index in [1.807, 2.05) is 12.1 Å². The van der Waals surface area contributed by atoms with Crippen LogP contribution in [-0.2, 0) is 4.74 Å². The van der Waals surface area contributed by atoms with E-state index >= 15 is 0 Å². The lowest BCUT2D eigenvalue weighted by molar-refractivity contribution is 0.0988. The zero-order valence-electron chi connectivity index (χ0n) is 17.0. The van der Waals surface area contributed by atoms with Gasteiger partial charge in [-0.15, -0.1) is 0 Å². The molecule has 3 heterocycles. The molecule has 0 unspecified atom stereocenters. The molecule has 0 spiro atoms. The highest BCUT2D eigenvalue weighted by Gasteiger charge is 2.25. The van der Waals surface area contributed by atoms with Crippen LogP contribution in [0.15, 0.2) is 35.3 Å². The molecule has 0 atom stereocenters. The molecule has 0 radical (unpaired) electrons. The summed E-state index contributed by atoms with van der Waals surface area (Å²) in [6.45, 7) is 5.58. The van der Waals surface area contributed by atoms with Gasteiger partial charge in [0.15, 0.2) is 5.82 Å². The normalized spacial score (nSPS) is 13.8. The van der Waals surface area contributed by atoms with E-state index in [4.69, 9.17) is 14.2 Å². The monoisotopic (exact) mass is 479 g/mol. The van der Waals surface area contributed by atoms with Crippen molar-refractivity contribution in [2.24, 2.45) is 0 Å². The van der Waals surface area contributed by atoms with Crippen LogP contribution >= 0.6 is 15.9 Å². The SMILES string of the molecule is CCCCOC(=O)N1CCN(c2ncc(Br)nc2OCCOc2cccnc2)CC1. The van der Waals surface area contributed by atoms with Crippen molar-refractivity contribution in [2.45, 2.75) is 19.8 Å². The number of anilines is 1. The van der Waals surface area contributed by atoms with Crippen LogP contribution in [0.3, 0.4) is 0 Å². The smallest absolute Gasteiger partial charge is 0.409 e. The van der Waals surface area contributed by atoms with Gasteiger partial charge in [0.1, 0.15) is 23.6 Å². The number of carbonyl (C=O) groups is 1. The first kappa shape index (κ1) is 22.1. The van der Waals surface area contributed by atoms with E-state index in [1.54, 1.807) is 23.5 Å². The molecule has 2 aromatic rings. The van der Waals surface area contributed by atoms with E-state index < -0.39 is 0 Å². The first-order valence-electron chi connectivity index (χ1n) is 10.0. The van der Waals surface area contributed by atoms with Crippen LogP contribution in [-0.4, -0.2) is 71.9 Å². The molecule has 2 aromatic heterocycles. The van der Waals surface area contributed by atoms with Crippen molar-refractivity contribution in [1.29, 1.82) is 0 Å². The molecule has 1 fully saturated rings. The number of unbranched alkanes of at least 4 members (excludes halogenated alkanes) is 1. The molecule has 10 heteroatoms. The summed E-state index contributed by atoms with van der Waals surface area (Å²) in [6.07, 6.45) is 6.60. The molecule has 0 aliphatic carbocycles. The highest BCUT2D eigenvalue weighted by atomic mass is 79.9. The number of pyridine rings is 1. The van der Waals surface area contributed by atoms with Gasteiger partial charge in [-0.1, -0.05) is 13.3 Å². The maximum absolute atomic E-state index is 12.1. The Hall–Kier alpha value is -2.62. The lowest BCUT2D eigenvalue weighted by Gasteiger charge is -2.35. The number of hydrogen-bond donors (Lipinski definition) is 0. The second-order valence-electron chi connectivity index (χ2n) is 6.65. The van der Waals surface area contributed by atoms with Gasteiger partial charge < -0.3 is 24.0 Å². The third kappa shape index (κ3) is 6.45. The number of rotatable bonds is 9. The molecule has 1 aliphatic rings. The minimum atomic E-state index is -0.256. The van der Waals surface area contributed by atoms with Gasteiger partial charge in [0, 0.05) is 32.4 Å². The predicted molar refractivity (Wildman–Crippen MR) is 115 cm³/mol. The third-order valence-corrected chi connectivity index (χ3v) is 4.86. The van der Waals surface area contributed by atoms with Crippen LogP contribution in [0.1, 0.15) is 19.8 Å². The van der Waals surface area contributed by atoms with Crippen molar-refractivity contribution < 1.29 is 19.0 Å². The number of ether oxygens (including phenoxy) is 3. The van der Waals surface area contributed by atoms with E-state index in [9.17, 15) is 4.79 Å². The van der Waals surface area contributed by atoms with Gasteiger partial charge in [0.25, 0.3) is 5.88 Å². The van der Waals surface area contributed by atoms with Gasteiger partial charge in [-0.25, -0.2) is 14.8 Å². The fourth-order valence-electron chi connectivity index (χ4n) is 2.89. The number of piperazine rings is 1. The first-order valence-corrected chi connectivity index (χ1v) is 10.8. The summed E-state index contributed by atoms with van der Waals surface area (Å²) in [5.41, 5.74) is 0. The fraction of sp³-hybridized carbons (Fsp3) is 0.500. The number of amides is 1. The van der Waals surface area contributed by atoms with Gasteiger partial charge in [0.05, 0.1) is 19.0 Å². The van der Waals surface area contributed by atoms with Crippen LogP contribution in [0.5, 0.6) is 11.6 Å². The van der Waals surface area contributed by atoms with Crippen molar-refractivity contribution in [3.63, 3.8) is 0 Å². The van der Waals surface area contributed by atoms with Gasteiger partial charge in [-0.2, -0.15) is 0 Å². The largest absolute Gasteiger partial charge is 0.488 e. The molecule has 1 saturated heterocycles. The Bertz CT molecular complexity index is 803. The summed E-state index contributed by atoms with van der Waals surface area (Å²) in [5, 5.41) is 0. The van der Waals surface area contributed by atoms with E-state index in [2.05, 4.69) is 42.7 Å². The minimum absolute atomic E-state index is 0.256. The summed E-state index contributed by atoms with van der Waals surface area (Å²) in [4.78, 5) is 28.8. The minimum Gasteiger partial charge on any atom is -0.488 e. The van der Waals surface area contributed by atoms with Crippen molar-refractivity contribution in [3.05, 3.63) is 35.3 Å². The Balaban J connectivity index is 1.52. The Morgan fingerprint density at radius 1 is 1.13 bits per heavy atom. The lowest BCUT2D eigenvalue weighted by Crippen LogP contribution is -2.49. The number of carbonyl (C=O) groups excluding carboxylic acids is 1. The number of aromatic nitrogens is 3. The molecular weight excluding hydrogens is 454 g/mol. The summed E-state index contributed by atoms with van der Waals surface area (Å²) in [6, 6.07) is 3.65. The van der Waals surface area contributed by atoms with Crippen LogP contribution in [0.4, 0.5) is 10.6 Å². The van der Waals surface area contributed by atoms with Crippen molar-refractivity contribution in [2.75, 3.05) is 50.9 Å². The zero-order chi connectivity index (χ0) is 21.2. The topological polar surface area (TPSA) is 89.9 Å². The second kappa shape index (κ2) is 11.5. The standard InChI is InChI=1S/C20H26BrN5O4/c1-2-3-11-30-20(27)26-9-7-25(8-10-26)18-19(24-17(21)15-23-18)29-13-12-28-16-5-4-6-22-14-16/h4-6,14-15H,2-3,7-13H2,1H3. The maximum Gasteiger partial charge on any atom is 0.409 e. The molecule has 9 nitrogen and oxygen atoms in total. The zero-order valence-corrected chi connectivity index (χ0v) is 18.6. The average molecular weight is 480 g/mol. The average Bonchev–Trinajstić information content (AvgIpc) is 2.78. The van der Waals surface area contributed by atoms with Crippen molar-refractivity contribution in [3.8, 4) is 11.6 Å². The Morgan fingerprint density at radius 2 is 1.93 bits per heavy atom. The molecular formula is C20H26BrN5O4. The number of hydrogen-bond acceptors (Lipinski definition) is 8. The van der Waals surface area contributed by atoms with E-state index in [0.717, 1.165) is 12.8 Å². The molecule has 3 rings (SSSR count). The molecule has 1 aliphatic heterocycles. The summed E-state index contributed by atoms with van der Waals surface area (Å²) in [5.74, 6) is 1.76. The molecule has 0 saturated carbocycles. The van der Waals surface area contributed by atoms with Crippen LogP contribution in [0.2, 0.25) is 0 Å². The maximum atomic E-state index is 12.1. The Kier molecular flexibility index (Phi) is 8.49. The molecule has 0 aromatic carbocycles. The predicted octanol–water partition coefficient (Wildman–Crippen LogP) is 3.15. The Labute approximate surface area is 184 Å². The summed E-state index contributed by atoms with van der Waals surface area (Å²) >= 11 is 3.34.